The number of carboxylic acid groups (broad SMARTS) is 1. The molecular weight excluding hydrogens is 253 g/mol. The minimum absolute atomic E-state index is 0.0434. The highest BCUT2D eigenvalue weighted by molar-refractivity contribution is 5.94. The van der Waals surface area contributed by atoms with Gasteiger partial charge in [-0.25, -0.2) is 9.18 Å². The molecule has 2 atom stereocenters. The van der Waals surface area contributed by atoms with Gasteiger partial charge in [0.1, 0.15) is 5.82 Å². The second-order valence-electron chi connectivity index (χ2n) is 4.57. The number of halogens is 1. The van der Waals surface area contributed by atoms with E-state index in [1.54, 1.807) is 0 Å². The molecular formula is C13H14FNO4. The lowest BCUT2D eigenvalue weighted by molar-refractivity contribution is -0.119. The number of hydrogen-bond acceptors (Lipinski definition) is 3. The monoisotopic (exact) mass is 267 g/mol. The molecule has 5 nitrogen and oxygen atoms in total. The smallest absolute Gasteiger partial charge is 0.338 e. The summed E-state index contributed by atoms with van der Waals surface area (Å²) in [5, 5.41) is 11.3. The number of carboxylic acids is 1. The van der Waals surface area contributed by atoms with Gasteiger partial charge in [-0.2, -0.15) is 0 Å². The lowest BCUT2D eigenvalue weighted by atomic mass is 10.1. The van der Waals surface area contributed by atoms with Crippen LogP contribution in [-0.2, 0) is 9.53 Å². The number of benzene rings is 1. The van der Waals surface area contributed by atoms with Crippen molar-refractivity contribution in [3.63, 3.8) is 0 Å². The third-order valence-electron chi connectivity index (χ3n) is 3.04. The number of nitrogens with one attached hydrogen (secondary N) is 1. The molecule has 1 aromatic rings. The van der Waals surface area contributed by atoms with Crippen LogP contribution in [0.4, 0.5) is 10.1 Å². The Morgan fingerprint density at radius 3 is 2.74 bits per heavy atom. The fraction of sp³-hybridized carbons (Fsp3) is 0.385. The highest BCUT2D eigenvalue weighted by Gasteiger charge is 2.28. The van der Waals surface area contributed by atoms with Crippen molar-refractivity contribution in [2.45, 2.75) is 19.4 Å². The standard InChI is InChI=1S/C13H14FNO4/c1-7-4-8(6-19-7)12(16)15-9-2-3-10(13(17)18)11(14)5-9/h2-3,5,7-8H,4,6H2,1H3,(H,15,16)(H,17,18). The summed E-state index contributed by atoms with van der Waals surface area (Å²) in [4.78, 5) is 22.5. The van der Waals surface area contributed by atoms with Gasteiger partial charge < -0.3 is 15.2 Å². The fourth-order valence-electron chi connectivity index (χ4n) is 2.01. The van der Waals surface area contributed by atoms with Gasteiger partial charge in [-0.3, -0.25) is 4.79 Å². The molecule has 1 fully saturated rings. The van der Waals surface area contributed by atoms with E-state index in [9.17, 15) is 14.0 Å². The summed E-state index contributed by atoms with van der Waals surface area (Å²) in [5.41, 5.74) is -0.178. The Labute approximate surface area is 109 Å². The molecule has 0 bridgehead atoms. The molecule has 102 valence electrons. The predicted octanol–water partition coefficient (Wildman–Crippen LogP) is 1.89. The Morgan fingerprint density at radius 1 is 1.47 bits per heavy atom. The quantitative estimate of drug-likeness (QED) is 0.876. The van der Waals surface area contributed by atoms with Crippen LogP contribution in [0.15, 0.2) is 18.2 Å². The zero-order valence-corrected chi connectivity index (χ0v) is 10.4. The third kappa shape index (κ3) is 3.08. The SMILES string of the molecule is CC1CC(C(=O)Nc2ccc(C(=O)O)c(F)c2)CO1. The molecule has 0 aromatic heterocycles. The van der Waals surface area contributed by atoms with Crippen molar-refractivity contribution in [1.82, 2.24) is 0 Å². The Bertz CT molecular complexity index is 517. The number of aromatic carboxylic acids is 1. The molecule has 1 aliphatic rings. The van der Waals surface area contributed by atoms with E-state index in [4.69, 9.17) is 9.84 Å². The summed E-state index contributed by atoms with van der Waals surface area (Å²) in [7, 11) is 0. The van der Waals surface area contributed by atoms with Gasteiger partial charge in [-0.05, 0) is 31.5 Å². The normalized spacial score (nSPS) is 22.2. The summed E-state index contributed by atoms with van der Waals surface area (Å²) >= 11 is 0. The lowest BCUT2D eigenvalue weighted by Gasteiger charge is -2.10. The predicted molar refractivity (Wildman–Crippen MR) is 65.5 cm³/mol. The van der Waals surface area contributed by atoms with E-state index in [2.05, 4.69) is 5.32 Å². The number of hydrogen-bond donors (Lipinski definition) is 2. The van der Waals surface area contributed by atoms with E-state index in [0.717, 1.165) is 12.1 Å². The van der Waals surface area contributed by atoms with Crippen LogP contribution in [0.3, 0.4) is 0 Å². The average Bonchev–Trinajstić information content (AvgIpc) is 2.75. The maximum absolute atomic E-state index is 13.4. The molecule has 2 N–H and O–H groups in total. The van der Waals surface area contributed by atoms with Gasteiger partial charge in [0.2, 0.25) is 5.91 Å². The van der Waals surface area contributed by atoms with Crippen LogP contribution < -0.4 is 5.32 Å². The molecule has 19 heavy (non-hydrogen) atoms. The van der Waals surface area contributed by atoms with Crippen LogP contribution in [0, 0.1) is 11.7 Å². The van der Waals surface area contributed by atoms with Crippen molar-refractivity contribution in [3.8, 4) is 0 Å². The molecule has 2 unspecified atom stereocenters. The summed E-state index contributed by atoms with van der Waals surface area (Å²) in [6.07, 6.45) is 0.670. The van der Waals surface area contributed by atoms with Crippen LogP contribution in [0.2, 0.25) is 0 Å². The fourth-order valence-corrected chi connectivity index (χ4v) is 2.01. The maximum Gasteiger partial charge on any atom is 0.338 e. The van der Waals surface area contributed by atoms with Gasteiger partial charge >= 0.3 is 5.97 Å². The number of carbonyl (C=O) groups is 2. The van der Waals surface area contributed by atoms with Gasteiger partial charge in [0.05, 0.1) is 24.2 Å². The van der Waals surface area contributed by atoms with Crippen molar-refractivity contribution in [3.05, 3.63) is 29.6 Å². The van der Waals surface area contributed by atoms with Gasteiger partial charge in [0.15, 0.2) is 0 Å². The summed E-state index contributed by atoms with van der Waals surface area (Å²) in [6.45, 7) is 2.23. The van der Waals surface area contributed by atoms with Crippen molar-refractivity contribution in [2.24, 2.45) is 5.92 Å². The Kier molecular flexibility index (Phi) is 3.80. The Hall–Kier alpha value is -1.95. The van der Waals surface area contributed by atoms with Crippen molar-refractivity contribution < 1.29 is 23.8 Å². The Balaban J connectivity index is 2.05. The highest BCUT2D eigenvalue weighted by Crippen LogP contribution is 2.21. The summed E-state index contributed by atoms with van der Waals surface area (Å²) < 4.78 is 18.7. The van der Waals surface area contributed by atoms with E-state index in [1.807, 2.05) is 6.92 Å². The summed E-state index contributed by atoms with van der Waals surface area (Å²) in [6, 6.07) is 3.49. The number of carbonyl (C=O) groups excluding carboxylic acids is 1. The van der Waals surface area contributed by atoms with E-state index in [-0.39, 0.29) is 23.6 Å². The third-order valence-corrected chi connectivity index (χ3v) is 3.04. The van der Waals surface area contributed by atoms with Crippen molar-refractivity contribution >= 4 is 17.6 Å². The van der Waals surface area contributed by atoms with Crippen LogP contribution in [-0.4, -0.2) is 29.7 Å². The van der Waals surface area contributed by atoms with Crippen LogP contribution >= 0.6 is 0 Å². The lowest BCUT2D eigenvalue weighted by Crippen LogP contribution is -2.23. The zero-order chi connectivity index (χ0) is 14.0. The average molecular weight is 267 g/mol. The number of amides is 1. The minimum atomic E-state index is -1.34. The topological polar surface area (TPSA) is 75.6 Å². The number of ether oxygens (including phenoxy) is 1. The molecule has 0 aliphatic carbocycles. The Morgan fingerprint density at radius 2 is 2.21 bits per heavy atom. The van der Waals surface area contributed by atoms with Gasteiger partial charge in [-0.1, -0.05) is 0 Å². The first kappa shape index (κ1) is 13.5. The van der Waals surface area contributed by atoms with Crippen LogP contribution in [0.1, 0.15) is 23.7 Å². The van der Waals surface area contributed by atoms with E-state index >= 15 is 0 Å². The van der Waals surface area contributed by atoms with Crippen molar-refractivity contribution in [2.75, 3.05) is 11.9 Å². The molecule has 1 amide bonds. The van der Waals surface area contributed by atoms with Crippen LogP contribution in [0.5, 0.6) is 0 Å². The molecule has 0 saturated carbocycles. The van der Waals surface area contributed by atoms with Crippen molar-refractivity contribution in [1.29, 1.82) is 0 Å². The number of anilines is 1. The largest absolute Gasteiger partial charge is 0.478 e. The molecule has 0 radical (unpaired) electrons. The molecule has 0 spiro atoms. The molecule has 1 aliphatic heterocycles. The second-order valence-corrected chi connectivity index (χ2v) is 4.57. The molecule has 6 heteroatoms. The maximum atomic E-state index is 13.4. The van der Waals surface area contributed by atoms with Gasteiger partial charge in [-0.15, -0.1) is 0 Å². The first-order chi connectivity index (χ1) is 8.97. The highest BCUT2D eigenvalue weighted by atomic mass is 19.1. The number of rotatable bonds is 3. The molecule has 1 aromatic carbocycles. The second kappa shape index (κ2) is 5.36. The minimum Gasteiger partial charge on any atom is -0.478 e. The summed E-state index contributed by atoms with van der Waals surface area (Å²) in [5.74, 6) is -2.71. The molecule has 1 saturated heterocycles. The first-order valence-electron chi connectivity index (χ1n) is 5.92. The van der Waals surface area contributed by atoms with Crippen LogP contribution in [0.25, 0.3) is 0 Å². The van der Waals surface area contributed by atoms with E-state index in [1.165, 1.54) is 6.07 Å². The zero-order valence-electron chi connectivity index (χ0n) is 10.4. The van der Waals surface area contributed by atoms with E-state index in [0.29, 0.717) is 13.0 Å². The van der Waals surface area contributed by atoms with Gasteiger partial charge in [0, 0.05) is 5.69 Å². The molecule has 2 rings (SSSR count). The van der Waals surface area contributed by atoms with Gasteiger partial charge in [0.25, 0.3) is 0 Å². The first-order valence-corrected chi connectivity index (χ1v) is 5.92. The molecule has 1 heterocycles. The van der Waals surface area contributed by atoms with E-state index < -0.39 is 17.3 Å².